The topological polar surface area (TPSA) is 102 Å². The monoisotopic (exact) mass is 424 g/mol. The van der Waals surface area contributed by atoms with Gasteiger partial charge in [0.05, 0.1) is 5.69 Å². The summed E-state index contributed by atoms with van der Waals surface area (Å²) in [5.74, 6) is 1.67. The lowest BCUT2D eigenvalue weighted by Gasteiger charge is -2.44. The second-order valence-corrected chi connectivity index (χ2v) is 7.72. The molecule has 31 heavy (non-hydrogen) atoms. The number of nitrogens with two attached hydrogens (primary N) is 1. The van der Waals surface area contributed by atoms with Crippen LogP contribution in [0.3, 0.4) is 0 Å². The molecule has 4 N–H and O–H groups in total. The zero-order valence-corrected chi connectivity index (χ0v) is 18.6. The van der Waals surface area contributed by atoms with Crippen molar-refractivity contribution in [1.29, 1.82) is 0 Å². The summed E-state index contributed by atoms with van der Waals surface area (Å²) < 4.78 is 0. The van der Waals surface area contributed by atoms with Crippen LogP contribution in [0, 0.1) is 0 Å². The minimum Gasteiger partial charge on any atom is -0.405 e. The molecule has 166 valence electrons. The van der Waals surface area contributed by atoms with E-state index in [1.54, 1.807) is 13.0 Å². The first-order chi connectivity index (χ1) is 14.9. The maximum absolute atomic E-state index is 11.9. The van der Waals surface area contributed by atoms with Crippen LogP contribution in [-0.4, -0.2) is 53.6 Å². The molecule has 1 saturated heterocycles. The van der Waals surface area contributed by atoms with Gasteiger partial charge in [-0.2, -0.15) is 0 Å². The summed E-state index contributed by atoms with van der Waals surface area (Å²) in [4.78, 5) is 25.2. The Bertz CT molecular complexity index is 895. The van der Waals surface area contributed by atoms with Crippen LogP contribution in [0.5, 0.6) is 0 Å². The molecule has 9 nitrogen and oxygen atoms in total. The molecule has 3 rings (SSSR count). The molecule has 3 heterocycles. The number of aliphatic imine (C=N–C) groups is 1. The van der Waals surface area contributed by atoms with E-state index < -0.39 is 0 Å². The van der Waals surface area contributed by atoms with Gasteiger partial charge in [-0.3, -0.25) is 15.2 Å². The zero-order chi connectivity index (χ0) is 22.4. The van der Waals surface area contributed by atoms with Gasteiger partial charge < -0.3 is 20.9 Å². The smallest absolute Gasteiger partial charge is 0.220 e. The Morgan fingerprint density at radius 1 is 1.32 bits per heavy atom. The molecular formula is C22H32N8O. The fraction of sp³-hybridized carbons (Fsp3) is 0.409. The summed E-state index contributed by atoms with van der Waals surface area (Å²) in [6, 6.07) is 4.27. The average Bonchev–Trinajstić information content (AvgIpc) is 3.20. The molecule has 2 unspecified atom stereocenters. The molecule has 1 aromatic rings. The number of rotatable bonds is 5. The molecule has 0 saturated carbocycles. The highest BCUT2D eigenvalue weighted by Crippen LogP contribution is 2.25. The van der Waals surface area contributed by atoms with Crippen molar-refractivity contribution in [2.75, 3.05) is 29.7 Å². The molecule has 2 atom stereocenters. The first-order valence-electron chi connectivity index (χ1n) is 10.5. The Balaban J connectivity index is 1.67. The van der Waals surface area contributed by atoms with E-state index in [4.69, 9.17) is 5.73 Å². The van der Waals surface area contributed by atoms with Crippen molar-refractivity contribution in [3.8, 4) is 0 Å². The number of guanidine groups is 1. The van der Waals surface area contributed by atoms with Crippen LogP contribution in [0.25, 0.3) is 0 Å². The summed E-state index contributed by atoms with van der Waals surface area (Å²) in [6.45, 7) is 9.73. The van der Waals surface area contributed by atoms with Crippen molar-refractivity contribution < 1.29 is 4.79 Å². The van der Waals surface area contributed by atoms with Crippen molar-refractivity contribution >= 4 is 23.4 Å². The van der Waals surface area contributed by atoms with Gasteiger partial charge in [0.25, 0.3) is 0 Å². The highest BCUT2D eigenvalue weighted by molar-refractivity contribution is 5.85. The number of aromatic nitrogens is 1. The second kappa shape index (κ2) is 10.0. The van der Waals surface area contributed by atoms with Gasteiger partial charge in [0, 0.05) is 50.1 Å². The Kier molecular flexibility index (Phi) is 7.17. The van der Waals surface area contributed by atoms with Crippen molar-refractivity contribution in [3.63, 3.8) is 0 Å². The maximum Gasteiger partial charge on any atom is 0.220 e. The molecule has 0 spiro atoms. The minimum absolute atomic E-state index is 0.119. The SMILES string of the molecule is C\C=C/C(=C\C=C\N)NC1=NCN(c2ccnc(N3CC(C)N(C(C)=O)C(C)C3)c2)N1. The first kappa shape index (κ1) is 22.2. The van der Waals surface area contributed by atoms with Gasteiger partial charge in [-0.15, -0.1) is 0 Å². The Morgan fingerprint density at radius 2 is 2.06 bits per heavy atom. The summed E-state index contributed by atoms with van der Waals surface area (Å²) in [5.41, 5.74) is 10.6. The van der Waals surface area contributed by atoms with Crippen LogP contribution in [0.15, 0.2) is 59.5 Å². The lowest BCUT2D eigenvalue weighted by atomic mass is 10.1. The molecule has 1 amide bonds. The Labute approximate surface area is 184 Å². The van der Waals surface area contributed by atoms with E-state index in [0.29, 0.717) is 12.6 Å². The quantitative estimate of drug-likeness (QED) is 0.618. The highest BCUT2D eigenvalue weighted by atomic mass is 16.2. The van der Waals surface area contributed by atoms with Gasteiger partial charge >= 0.3 is 0 Å². The second-order valence-electron chi connectivity index (χ2n) is 7.72. The number of allylic oxidation sites excluding steroid dienone is 4. The number of carbonyl (C=O) groups excluding carboxylic acids is 1. The van der Waals surface area contributed by atoms with Gasteiger partial charge in [-0.25, -0.2) is 9.98 Å². The average molecular weight is 425 g/mol. The van der Waals surface area contributed by atoms with E-state index in [2.05, 4.69) is 39.5 Å². The summed E-state index contributed by atoms with van der Waals surface area (Å²) in [7, 11) is 0. The van der Waals surface area contributed by atoms with Gasteiger partial charge in [0.15, 0.2) is 0 Å². The van der Waals surface area contributed by atoms with Crippen LogP contribution in [0.2, 0.25) is 0 Å². The van der Waals surface area contributed by atoms with Crippen LogP contribution in [0.1, 0.15) is 27.7 Å². The molecule has 0 aromatic carbocycles. The maximum atomic E-state index is 11.9. The number of amides is 1. The van der Waals surface area contributed by atoms with Crippen molar-refractivity contribution in [3.05, 3.63) is 54.5 Å². The van der Waals surface area contributed by atoms with Gasteiger partial charge in [-0.1, -0.05) is 6.08 Å². The predicted octanol–water partition coefficient (Wildman–Crippen LogP) is 1.69. The number of hydrogen-bond donors (Lipinski definition) is 3. The van der Waals surface area contributed by atoms with Gasteiger partial charge in [0.2, 0.25) is 11.9 Å². The fourth-order valence-corrected chi connectivity index (χ4v) is 4.05. The number of hydrogen-bond acceptors (Lipinski definition) is 8. The molecule has 9 heteroatoms. The lowest BCUT2D eigenvalue weighted by molar-refractivity contribution is -0.133. The number of carbonyl (C=O) groups is 1. The van der Waals surface area contributed by atoms with Gasteiger partial charge in [0.1, 0.15) is 12.5 Å². The van der Waals surface area contributed by atoms with E-state index >= 15 is 0 Å². The van der Waals surface area contributed by atoms with Crippen molar-refractivity contribution in [2.45, 2.75) is 39.8 Å². The fourth-order valence-electron chi connectivity index (χ4n) is 4.05. The van der Waals surface area contributed by atoms with Crippen LogP contribution < -0.4 is 26.4 Å². The van der Waals surface area contributed by atoms with E-state index in [-0.39, 0.29) is 18.0 Å². The van der Waals surface area contributed by atoms with Crippen LogP contribution >= 0.6 is 0 Å². The number of nitrogens with one attached hydrogen (secondary N) is 2. The number of pyridine rings is 1. The van der Waals surface area contributed by atoms with Crippen molar-refractivity contribution in [2.24, 2.45) is 10.7 Å². The predicted molar refractivity (Wildman–Crippen MR) is 125 cm³/mol. The zero-order valence-electron chi connectivity index (χ0n) is 18.6. The number of anilines is 2. The number of hydrazine groups is 1. The molecule has 1 aromatic heterocycles. The van der Waals surface area contributed by atoms with E-state index in [1.165, 1.54) is 6.20 Å². The molecule has 0 aliphatic carbocycles. The van der Waals surface area contributed by atoms with Crippen LogP contribution in [-0.2, 0) is 4.79 Å². The van der Waals surface area contributed by atoms with E-state index in [0.717, 1.165) is 30.3 Å². The van der Waals surface area contributed by atoms with E-state index in [9.17, 15) is 4.79 Å². The summed E-state index contributed by atoms with van der Waals surface area (Å²) >= 11 is 0. The summed E-state index contributed by atoms with van der Waals surface area (Å²) in [5, 5.41) is 5.21. The van der Waals surface area contributed by atoms with Gasteiger partial charge in [-0.05, 0) is 51.3 Å². The molecular weight excluding hydrogens is 392 g/mol. The molecule has 2 aliphatic rings. The largest absolute Gasteiger partial charge is 0.405 e. The molecule has 1 fully saturated rings. The highest BCUT2D eigenvalue weighted by Gasteiger charge is 2.31. The molecule has 0 bridgehead atoms. The third-order valence-electron chi connectivity index (χ3n) is 5.25. The van der Waals surface area contributed by atoms with E-state index in [1.807, 2.05) is 53.4 Å². The number of nitrogens with zero attached hydrogens (tertiary/aromatic N) is 5. The first-order valence-corrected chi connectivity index (χ1v) is 10.5. The summed E-state index contributed by atoms with van der Waals surface area (Å²) in [6.07, 6.45) is 10.8. The third-order valence-corrected chi connectivity index (χ3v) is 5.25. The Morgan fingerprint density at radius 3 is 2.71 bits per heavy atom. The van der Waals surface area contributed by atoms with Crippen LogP contribution in [0.4, 0.5) is 11.5 Å². The lowest BCUT2D eigenvalue weighted by Crippen LogP contribution is -2.58. The minimum atomic E-state index is 0.119. The third kappa shape index (κ3) is 5.36. The molecule has 2 aliphatic heterocycles. The number of piperazine rings is 1. The Hall–Kier alpha value is -3.49. The van der Waals surface area contributed by atoms with Crippen molar-refractivity contribution in [1.82, 2.24) is 20.6 Å². The standard InChI is InChI=1S/C22H32N8O/c1-5-7-19(8-6-10-23)26-22-25-15-29(27-22)20-9-11-24-21(12-20)28-13-16(2)30(18(4)31)17(3)14-28/h5-12,16-17H,13-15,23H2,1-4H3,(H2,25,26,27)/b7-5-,10-6+,19-8+. The molecule has 0 radical (unpaired) electrons. The normalized spacial score (nSPS) is 22.3.